The molecule has 0 spiro atoms. The van der Waals surface area contributed by atoms with Crippen molar-refractivity contribution in [1.29, 1.82) is 0 Å². The Morgan fingerprint density at radius 3 is 2.62 bits per heavy atom. The molecule has 2 amide bonds. The van der Waals surface area contributed by atoms with Gasteiger partial charge in [-0.25, -0.2) is 13.2 Å². The maximum absolute atomic E-state index is 13.0. The first-order valence-electron chi connectivity index (χ1n) is 8.84. The Morgan fingerprint density at radius 1 is 1.31 bits per heavy atom. The van der Waals surface area contributed by atoms with Gasteiger partial charge in [-0.3, -0.25) is 0 Å². The minimum atomic E-state index is -3.70. The number of urea groups is 1. The third kappa shape index (κ3) is 5.09. The molecule has 0 radical (unpaired) electrons. The molecule has 9 heteroatoms. The second-order valence-electron chi connectivity index (χ2n) is 6.24. The monoisotopic (exact) mass is 385 g/mol. The number of ether oxygens (including phenoxy) is 1. The molecule has 1 fully saturated rings. The highest BCUT2D eigenvalue weighted by molar-refractivity contribution is 7.89. The summed E-state index contributed by atoms with van der Waals surface area (Å²) in [6.45, 7) is 4.56. The number of nitrogens with one attached hydrogen (secondary N) is 2. The van der Waals surface area contributed by atoms with E-state index in [9.17, 15) is 13.2 Å². The second-order valence-corrected chi connectivity index (χ2v) is 8.15. The van der Waals surface area contributed by atoms with Gasteiger partial charge in [-0.2, -0.15) is 4.31 Å². The number of carbonyl (C=O) groups is 1. The zero-order valence-corrected chi connectivity index (χ0v) is 16.0. The molecule has 0 aromatic heterocycles. The standard InChI is InChI=1S/C17H27N3O5S/c1-3-25-15-8-7-14(19-17(22)18-13(2)12-21)11-16(15)26(23,24)20-9-5-4-6-10-20/h7-8,11,13,21H,3-6,9-10,12H2,1-2H3,(H2,18,19,22). The summed E-state index contributed by atoms with van der Waals surface area (Å²) in [5.74, 6) is 0.271. The van der Waals surface area contributed by atoms with Crippen LogP contribution in [0.1, 0.15) is 33.1 Å². The summed E-state index contributed by atoms with van der Waals surface area (Å²) in [7, 11) is -3.70. The molecule has 0 bridgehead atoms. The van der Waals surface area contributed by atoms with Crippen molar-refractivity contribution in [2.45, 2.75) is 44.0 Å². The predicted octanol–water partition coefficient (Wildman–Crippen LogP) is 1.76. The number of aliphatic hydroxyl groups is 1. The zero-order chi connectivity index (χ0) is 19.2. The number of aliphatic hydroxyl groups excluding tert-OH is 1. The first kappa shape index (κ1) is 20.5. The summed E-state index contributed by atoms with van der Waals surface area (Å²) < 4.78 is 33.0. The molecule has 1 aromatic rings. The lowest BCUT2D eigenvalue weighted by Gasteiger charge is -2.27. The zero-order valence-electron chi connectivity index (χ0n) is 15.2. The van der Waals surface area contributed by atoms with Crippen molar-refractivity contribution in [2.75, 3.05) is 31.6 Å². The van der Waals surface area contributed by atoms with Crippen molar-refractivity contribution in [1.82, 2.24) is 9.62 Å². The van der Waals surface area contributed by atoms with Crippen molar-refractivity contribution >= 4 is 21.7 Å². The van der Waals surface area contributed by atoms with Crippen molar-refractivity contribution < 1.29 is 23.1 Å². The molecule has 0 aliphatic carbocycles. The summed E-state index contributed by atoms with van der Waals surface area (Å²) in [6.07, 6.45) is 2.69. The number of carbonyl (C=O) groups excluding carboxylic acids is 1. The summed E-state index contributed by atoms with van der Waals surface area (Å²) >= 11 is 0. The smallest absolute Gasteiger partial charge is 0.319 e. The van der Waals surface area contributed by atoms with E-state index in [1.807, 2.05) is 0 Å². The van der Waals surface area contributed by atoms with Crippen LogP contribution in [0.4, 0.5) is 10.5 Å². The van der Waals surface area contributed by atoms with Gasteiger partial charge in [-0.1, -0.05) is 6.42 Å². The highest BCUT2D eigenvalue weighted by Gasteiger charge is 2.29. The molecular weight excluding hydrogens is 358 g/mol. The lowest BCUT2D eigenvalue weighted by molar-refractivity contribution is 0.229. The average molecular weight is 385 g/mol. The first-order valence-corrected chi connectivity index (χ1v) is 10.3. The highest BCUT2D eigenvalue weighted by Crippen LogP contribution is 2.31. The van der Waals surface area contributed by atoms with E-state index in [1.165, 1.54) is 10.4 Å². The summed E-state index contributed by atoms with van der Waals surface area (Å²) in [6, 6.07) is 3.62. The van der Waals surface area contributed by atoms with Gasteiger partial charge >= 0.3 is 6.03 Å². The topological polar surface area (TPSA) is 108 Å². The number of amides is 2. The van der Waals surface area contributed by atoms with Crippen molar-refractivity contribution in [3.8, 4) is 5.75 Å². The third-order valence-corrected chi connectivity index (χ3v) is 6.01. The van der Waals surface area contributed by atoms with Crippen LogP contribution in [0.5, 0.6) is 5.75 Å². The van der Waals surface area contributed by atoms with E-state index >= 15 is 0 Å². The molecule has 0 saturated carbocycles. The predicted molar refractivity (Wildman–Crippen MR) is 98.9 cm³/mol. The summed E-state index contributed by atoms with van der Waals surface area (Å²) in [5.41, 5.74) is 0.340. The minimum absolute atomic E-state index is 0.0502. The number of benzene rings is 1. The number of anilines is 1. The maximum Gasteiger partial charge on any atom is 0.319 e. The average Bonchev–Trinajstić information content (AvgIpc) is 2.63. The van der Waals surface area contributed by atoms with Crippen LogP contribution >= 0.6 is 0 Å². The van der Waals surface area contributed by atoms with Crippen molar-refractivity contribution in [2.24, 2.45) is 0 Å². The molecule has 26 heavy (non-hydrogen) atoms. The Hall–Kier alpha value is -1.84. The minimum Gasteiger partial charge on any atom is -0.492 e. The Balaban J connectivity index is 2.29. The van der Waals surface area contributed by atoms with Crippen molar-refractivity contribution in [3.63, 3.8) is 0 Å². The van der Waals surface area contributed by atoms with Crippen LogP contribution in [-0.2, 0) is 10.0 Å². The number of piperidine rings is 1. The van der Waals surface area contributed by atoms with Crippen LogP contribution in [0.2, 0.25) is 0 Å². The van der Waals surface area contributed by atoms with E-state index in [1.54, 1.807) is 26.0 Å². The van der Waals surface area contributed by atoms with Gasteiger partial charge in [0.15, 0.2) is 0 Å². The Labute approximate surface area is 154 Å². The summed E-state index contributed by atoms with van der Waals surface area (Å²) in [4.78, 5) is 12.0. The van der Waals surface area contributed by atoms with Gasteiger partial charge < -0.3 is 20.5 Å². The van der Waals surface area contributed by atoms with Crippen LogP contribution in [-0.4, -0.2) is 56.2 Å². The fourth-order valence-electron chi connectivity index (χ4n) is 2.74. The molecule has 1 atom stereocenters. The lowest BCUT2D eigenvalue weighted by atomic mass is 10.2. The maximum atomic E-state index is 13.0. The van der Waals surface area contributed by atoms with E-state index in [4.69, 9.17) is 9.84 Å². The van der Waals surface area contributed by atoms with E-state index in [2.05, 4.69) is 10.6 Å². The van der Waals surface area contributed by atoms with E-state index in [-0.39, 0.29) is 17.3 Å². The normalized spacial score (nSPS) is 16.7. The number of nitrogens with zero attached hydrogens (tertiary/aromatic N) is 1. The third-order valence-electron chi connectivity index (χ3n) is 4.09. The molecule has 8 nitrogen and oxygen atoms in total. The van der Waals surface area contributed by atoms with E-state index < -0.39 is 22.1 Å². The van der Waals surface area contributed by atoms with Crippen LogP contribution in [0.3, 0.4) is 0 Å². The Morgan fingerprint density at radius 2 is 2.00 bits per heavy atom. The lowest BCUT2D eigenvalue weighted by Crippen LogP contribution is -2.38. The molecule has 1 unspecified atom stereocenters. The van der Waals surface area contributed by atoms with Gasteiger partial charge in [0.2, 0.25) is 10.0 Å². The SMILES string of the molecule is CCOc1ccc(NC(=O)NC(C)CO)cc1S(=O)(=O)N1CCCCC1. The molecule has 146 valence electrons. The molecule has 2 rings (SSSR count). The first-order chi connectivity index (χ1) is 12.4. The van der Waals surface area contributed by atoms with Crippen LogP contribution in [0.15, 0.2) is 23.1 Å². The summed E-state index contributed by atoms with van der Waals surface area (Å²) in [5, 5.41) is 14.1. The van der Waals surface area contributed by atoms with Gasteiger partial charge in [0.25, 0.3) is 0 Å². The fourth-order valence-corrected chi connectivity index (χ4v) is 4.42. The van der Waals surface area contributed by atoms with Crippen LogP contribution in [0, 0.1) is 0 Å². The second kappa shape index (κ2) is 9.20. The quantitative estimate of drug-likeness (QED) is 0.663. The molecule has 1 heterocycles. The molecule has 1 aliphatic rings. The molecular formula is C17H27N3O5S. The van der Waals surface area contributed by atoms with Gasteiger partial charge in [0.1, 0.15) is 10.6 Å². The number of sulfonamides is 1. The number of rotatable bonds is 7. The highest BCUT2D eigenvalue weighted by atomic mass is 32.2. The largest absolute Gasteiger partial charge is 0.492 e. The van der Waals surface area contributed by atoms with Gasteiger partial charge in [0, 0.05) is 18.8 Å². The van der Waals surface area contributed by atoms with Crippen LogP contribution < -0.4 is 15.4 Å². The molecule has 1 aliphatic heterocycles. The van der Waals surface area contributed by atoms with Gasteiger partial charge in [-0.05, 0) is 44.9 Å². The molecule has 1 aromatic carbocycles. The molecule has 1 saturated heterocycles. The van der Waals surface area contributed by atoms with Gasteiger partial charge in [-0.15, -0.1) is 0 Å². The Kier molecular flexibility index (Phi) is 7.24. The van der Waals surface area contributed by atoms with Crippen molar-refractivity contribution in [3.05, 3.63) is 18.2 Å². The van der Waals surface area contributed by atoms with E-state index in [0.717, 1.165) is 19.3 Å². The Bertz CT molecular complexity index is 717. The van der Waals surface area contributed by atoms with Gasteiger partial charge in [0.05, 0.1) is 19.3 Å². The number of hydrogen-bond donors (Lipinski definition) is 3. The van der Waals surface area contributed by atoms with E-state index in [0.29, 0.717) is 25.4 Å². The fraction of sp³-hybridized carbons (Fsp3) is 0.588. The number of hydrogen-bond acceptors (Lipinski definition) is 5. The van der Waals surface area contributed by atoms with Crippen LogP contribution in [0.25, 0.3) is 0 Å². The molecule has 3 N–H and O–H groups in total.